The molecule has 0 bridgehead atoms. The summed E-state index contributed by atoms with van der Waals surface area (Å²) in [4.78, 5) is 99.5. The number of amides is 4. The molecule has 4 aliphatic rings. The fraction of sp³-hybridized carbons (Fsp3) is 0.315. The SMILES string of the molecule is CC(=O)OC[C@H]1O[C@@H](O[C@H]2[C@H](OCc3ccccc3)[C@@H](N3C(=O)c4ccccc4C3=O)[C@H](Sc3ccccc3)O[C@@H]2COCc2ccccc2)[C@@](O)(N2C(=O)c3ccccc3C2=O)[C@@H](OC(C)=O)[C@@H]1OC(C)=O. The van der Waals surface area contributed by atoms with Gasteiger partial charge in [0.25, 0.3) is 23.6 Å². The van der Waals surface area contributed by atoms with Gasteiger partial charge in [0.15, 0.2) is 12.2 Å². The lowest BCUT2D eigenvalue weighted by Crippen LogP contribution is -2.77. The van der Waals surface area contributed by atoms with Crippen LogP contribution >= 0.6 is 11.8 Å². The highest BCUT2D eigenvalue weighted by Crippen LogP contribution is 2.46. The van der Waals surface area contributed by atoms with Gasteiger partial charge in [-0.1, -0.05) is 115 Å². The predicted octanol–water partition coefficient (Wildman–Crippen LogP) is 5.49. The summed E-state index contributed by atoms with van der Waals surface area (Å²) in [5.74, 6) is -6.32. The Kier molecular flexibility index (Phi) is 15.3. The zero-order chi connectivity index (χ0) is 51.4. The maximum absolute atomic E-state index is 14.8. The Labute approximate surface area is 423 Å². The van der Waals surface area contributed by atoms with Gasteiger partial charge < -0.3 is 43.0 Å². The minimum absolute atomic E-state index is 0.0588. The van der Waals surface area contributed by atoms with E-state index < -0.39 is 108 Å². The number of ether oxygens (including phenoxy) is 8. The van der Waals surface area contributed by atoms with Crippen molar-refractivity contribution in [3.8, 4) is 0 Å². The quantitative estimate of drug-likeness (QED) is 0.0691. The monoisotopic (exact) mass is 1010 g/mol. The van der Waals surface area contributed by atoms with Gasteiger partial charge >= 0.3 is 17.9 Å². The standard InChI is InChI=1S/C54H50N2O16S/c1-31(57)66-30-42-45(68-32(2)58)47(69-33(3)59)54(64,56-50(62)39-25-15-16-26-40(39)51(56)63)53(71-42)72-44-41(29-65-27-34-17-7-4-8-18-34)70-52(73-36-21-11-6-12-22-36)43(46(44)67-28-35-19-9-5-10-20-35)55-48(60)37-23-13-14-24-38(37)49(55)61/h4-26,41-47,52-53,64H,27-30H2,1-3H3/t41-,42-,43-,44-,45-,46-,47+,52+,53+,54-/m1/s1. The van der Waals surface area contributed by atoms with Crippen molar-refractivity contribution in [2.75, 3.05) is 13.2 Å². The first-order chi connectivity index (χ1) is 35.2. The number of fused-ring (bicyclic) bond motifs is 2. The summed E-state index contributed by atoms with van der Waals surface area (Å²) in [6, 6.07) is 38.0. The molecule has 5 aromatic rings. The number of imide groups is 2. The van der Waals surface area contributed by atoms with E-state index in [-0.39, 0.29) is 42.1 Å². The van der Waals surface area contributed by atoms with Crippen LogP contribution in [0.15, 0.2) is 144 Å². The molecule has 4 amide bonds. The minimum Gasteiger partial charge on any atom is -0.463 e. The average Bonchev–Trinajstić information content (AvgIpc) is 3.79. The number of nitrogens with zero attached hydrogens (tertiary/aromatic N) is 2. The highest BCUT2D eigenvalue weighted by molar-refractivity contribution is 7.99. The Morgan fingerprint density at radius 2 is 1.07 bits per heavy atom. The Bertz CT molecular complexity index is 2800. The first-order valence-corrected chi connectivity index (χ1v) is 24.2. The Balaban J connectivity index is 1.23. The third kappa shape index (κ3) is 10.4. The van der Waals surface area contributed by atoms with Gasteiger partial charge in [-0.15, -0.1) is 0 Å². The van der Waals surface area contributed by atoms with Crippen molar-refractivity contribution in [2.45, 2.75) is 99.0 Å². The smallest absolute Gasteiger partial charge is 0.303 e. The summed E-state index contributed by atoms with van der Waals surface area (Å²) in [6.45, 7) is 2.03. The molecular weight excluding hydrogens is 965 g/mol. The number of benzene rings is 5. The lowest BCUT2D eigenvalue weighted by atomic mass is 9.90. The second-order valence-corrected chi connectivity index (χ2v) is 18.7. The first-order valence-electron chi connectivity index (χ1n) is 23.3. The van der Waals surface area contributed by atoms with E-state index in [4.69, 9.17) is 37.9 Å². The Morgan fingerprint density at radius 3 is 1.60 bits per heavy atom. The van der Waals surface area contributed by atoms with Crippen LogP contribution in [0.25, 0.3) is 0 Å². The molecule has 4 heterocycles. The molecule has 1 N–H and O–H groups in total. The average molecular weight is 1020 g/mol. The van der Waals surface area contributed by atoms with Crippen molar-refractivity contribution in [1.29, 1.82) is 0 Å². The molecule has 378 valence electrons. The fourth-order valence-electron chi connectivity index (χ4n) is 9.42. The van der Waals surface area contributed by atoms with Crippen LogP contribution in [-0.2, 0) is 65.5 Å². The van der Waals surface area contributed by atoms with Gasteiger partial charge in [0.2, 0.25) is 12.0 Å². The number of aliphatic hydroxyl groups is 1. The van der Waals surface area contributed by atoms with E-state index in [9.17, 15) is 38.7 Å². The molecule has 4 aliphatic heterocycles. The van der Waals surface area contributed by atoms with Gasteiger partial charge in [-0.05, 0) is 47.5 Å². The van der Waals surface area contributed by atoms with E-state index in [2.05, 4.69) is 0 Å². The van der Waals surface area contributed by atoms with Crippen LogP contribution in [0.1, 0.15) is 73.3 Å². The number of hydrogen-bond donors (Lipinski definition) is 1. The molecule has 2 fully saturated rings. The van der Waals surface area contributed by atoms with Crippen LogP contribution in [-0.4, -0.2) is 130 Å². The van der Waals surface area contributed by atoms with Crippen molar-refractivity contribution >= 4 is 53.3 Å². The number of hydrogen-bond acceptors (Lipinski definition) is 17. The van der Waals surface area contributed by atoms with Crippen LogP contribution in [0.5, 0.6) is 0 Å². The van der Waals surface area contributed by atoms with Crippen molar-refractivity contribution in [1.82, 2.24) is 9.80 Å². The van der Waals surface area contributed by atoms with Crippen LogP contribution in [0.3, 0.4) is 0 Å². The lowest BCUT2D eigenvalue weighted by molar-refractivity contribution is -0.388. The van der Waals surface area contributed by atoms with Crippen LogP contribution in [0.2, 0.25) is 0 Å². The van der Waals surface area contributed by atoms with Crippen molar-refractivity contribution < 1.29 is 76.6 Å². The van der Waals surface area contributed by atoms with Gasteiger partial charge in [0.05, 0.1) is 42.1 Å². The molecule has 0 aliphatic carbocycles. The van der Waals surface area contributed by atoms with Crippen molar-refractivity contribution in [3.63, 3.8) is 0 Å². The molecule has 0 spiro atoms. The number of carbonyl (C=O) groups is 7. The van der Waals surface area contributed by atoms with Gasteiger partial charge in [-0.25, -0.2) is 4.90 Å². The van der Waals surface area contributed by atoms with Crippen molar-refractivity contribution in [2.24, 2.45) is 0 Å². The number of thioether (sulfide) groups is 1. The van der Waals surface area contributed by atoms with Crippen LogP contribution in [0, 0.1) is 0 Å². The molecule has 0 radical (unpaired) electrons. The fourth-order valence-corrected chi connectivity index (χ4v) is 10.6. The van der Waals surface area contributed by atoms with Crippen LogP contribution < -0.4 is 0 Å². The first kappa shape index (κ1) is 50.8. The van der Waals surface area contributed by atoms with E-state index >= 15 is 0 Å². The second kappa shape index (κ2) is 21.9. The summed E-state index contributed by atoms with van der Waals surface area (Å²) >= 11 is 1.19. The number of esters is 3. The molecule has 5 aromatic carbocycles. The second-order valence-electron chi connectivity index (χ2n) is 17.5. The normalized spacial score (nSPS) is 26.5. The van der Waals surface area contributed by atoms with Crippen LogP contribution in [0.4, 0.5) is 0 Å². The predicted molar refractivity (Wildman–Crippen MR) is 256 cm³/mol. The van der Waals surface area contributed by atoms with Gasteiger partial charge in [-0.2, -0.15) is 0 Å². The van der Waals surface area contributed by atoms with Gasteiger partial charge in [0, 0.05) is 25.7 Å². The Morgan fingerprint density at radius 1 is 0.575 bits per heavy atom. The molecular formula is C54H50N2O16S. The van der Waals surface area contributed by atoms with Gasteiger partial charge in [0.1, 0.15) is 42.5 Å². The topological polar surface area (TPSA) is 220 Å². The highest BCUT2D eigenvalue weighted by Gasteiger charge is 2.69. The molecule has 18 nitrogen and oxygen atoms in total. The zero-order valence-corrected chi connectivity index (χ0v) is 40.5. The summed E-state index contributed by atoms with van der Waals surface area (Å²) in [5.41, 5.74) is -2.97. The van der Waals surface area contributed by atoms with E-state index in [1.54, 1.807) is 36.4 Å². The maximum atomic E-state index is 14.8. The Hall–Kier alpha value is -7.10. The summed E-state index contributed by atoms with van der Waals surface area (Å²) < 4.78 is 50.7. The van der Waals surface area contributed by atoms with E-state index in [0.717, 1.165) is 31.2 Å². The minimum atomic E-state index is -3.24. The lowest BCUT2D eigenvalue weighted by Gasteiger charge is -2.54. The van der Waals surface area contributed by atoms with E-state index in [1.165, 1.54) is 48.2 Å². The highest BCUT2D eigenvalue weighted by atomic mass is 32.2. The largest absolute Gasteiger partial charge is 0.463 e. The molecule has 2 saturated heterocycles. The van der Waals surface area contributed by atoms with E-state index in [1.807, 2.05) is 66.7 Å². The molecule has 19 heteroatoms. The zero-order valence-electron chi connectivity index (χ0n) is 39.7. The number of rotatable bonds is 17. The molecule has 9 rings (SSSR count). The van der Waals surface area contributed by atoms with Crippen molar-refractivity contribution in [3.05, 3.63) is 173 Å². The molecule has 73 heavy (non-hydrogen) atoms. The summed E-state index contributed by atoms with van der Waals surface area (Å²) in [5, 5.41) is 13.6. The van der Waals surface area contributed by atoms with Gasteiger partial charge in [-0.3, -0.25) is 38.5 Å². The molecule has 10 atom stereocenters. The third-order valence-corrected chi connectivity index (χ3v) is 13.8. The molecule has 0 unspecified atom stereocenters. The summed E-state index contributed by atoms with van der Waals surface area (Å²) in [7, 11) is 0. The summed E-state index contributed by atoms with van der Waals surface area (Å²) in [6.07, 6.45) is -12.4. The van der Waals surface area contributed by atoms with E-state index in [0.29, 0.717) is 15.4 Å². The molecule has 0 saturated carbocycles. The number of carbonyl (C=O) groups excluding carboxylic acids is 7. The molecule has 0 aromatic heterocycles. The maximum Gasteiger partial charge on any atom is 0.303 e. The third-order valence-electron chi connectivity index (χ3n) is 12.6.